The van der Waals surface area contributed by atoms with Gasteiger partial charge in [-0.3, -0.25) is 19.2 Å². The molecule has 2 aliphatic heterocycles. The minimum Gasteiger partial charge on any atom is -0.504 e. The number of fused-ring (bicyclic) bond motifs is 4. The first-order valence-corrected chi connectivity index (χ1v) is 40.5. The van der Waals surface area contributed by atoms with Gasteiger partial charge in [-0.1, -0.05) is 227 Å². The van der Waals surface area contributed by atoms with Crippen LogP contribution in [-0.2, 0) is 16.0 Å². The number of carbonyl (C=O) groups is 4. The summed E-state index contributed by atoms with van der Waals surface area (Å²) in [7, 11) is 9.60. The van der Waals surface area contributed by atoms with Crippen molar-refractivity contribution < 1.29 is 68.0 Å². The second kappa shape index (κ2) is 46.5. The third-order valence-corrected chi connectivity index (χ3v) is 23.5. The van der Waals surface area contributed by atoms with E-state index in [2.05, 4.69) is 91.6 Å². The minimum atomic E-state index is -0.798. The van der Waals surface area contributed by atoms with Crippen LogP contribution in [0.25, 0.3) is 0 Å². The molecule has 2 heterocycles. The van der Waals surface area contributed by atoms with Crippen molar-refractivity contribution in [3.05, 3.63) is 264 Å². The van der Waals surface area contributed by atoms with Crippen molar-refractivity contribution in [1.29, 1.82) is 10.5 Å². The molecule has 0 saturated heterocycles. The van der Waals surface area contributed by atoms with Gasteiger partial charge in [0.15, 0.2) is 57.6 Å². The molecule has 0 aromatic heterocycles. The number of carboxylic acids is 2. The zero-order valence-corrected chi connectivity index (χ0v) is 71.4. The van der Waals surface area contributed by atoms with Gasteiger partial charge in [0.1, 0.15) is 0 Å². The summed E-state index contributed by atoms with van der Waals surface area (Å²) in [6.45, 7) is 9.81. The second-order valence-electron chi connectivity index (χ2n) is 24.3. The SMILES string of the molecule is CCC(C#N)c1ccccc1Br.CCC(C(=O)O)c1ccccc1Br.CCC(C(=O)O)c1ccccc1Sc1ccc(OC)c(OC)c1.CCC1C(=O)c2cc(O)c(O)cc2Sc2ccccc21.CCC1C(=O)c2cc(OC)c(OC)cc2Sc2ccccc21.COc1ccc(S)cc1OC.N#CCc1ccccc1Br. The topological polar surface area (TPSA) is 252 Å². The Labute approximate surface area is 694 Å². The van der Waals surface area contributed by atoms with Gasteiger partial charge in [0.05, 0.1) is 79.0 Å². The van der Waals surface area contributed by atoms with Crippen LogP contribution in [0.2, 0.25) is 0 Å². The number of carboxylic acid groups (broad SMARTS) is 2. The first-order valence-electron chi connectivity index (χ1n) is 35.3. The van der Waals surface area contributed by atoms with Crippen molar-refractivity contribution in [2.75, 3.05) is 42.7 Å². The molecule has 4 N–H and O–H groups in total. The van der Waals surface area contributed by atoms with Gasteiger partial charge in [-0.05, 0) is 163 Å². The Morgan fingerprint density at radius 1 is 0.468 bits per heavy atom. The molecule has 0 spiro atoms. The Morgan fingerprint density at radius 3 is 1.36 bits per heavy atom. The van der Waals surface area contributed by atoms with Gasteiger partial charge in [0, 0.05) is 70.6 Å². The molecule has 0 bridgehead atoms. The van der Waals surface area contributed by atoms with Crippen LogP contribution in [0, 0.1) is 22.7 Å². The van der Waals surface area contributed by atoms with E-state index in [4.69, 9.17) is 44.1 Å². The van der Waals surface area contributed by atoms with Crippen molar-refractivity contribution in [1.82, 2.24) is 0 Å². The molecule has 0 aliphatic carbocycles. The molecule has 5 atom stereocenters. The van der Waals surface area contributed by atoms with E-state index < -0.39 is 23.8 Å². The molecule has 23 heteroatoms. The number of ether oxygens (including phenoxy) is 6. The maximum atomic E-state index is 13.0. The van der Waals surface area contributed by atoms with E-state index in [0.29, 0.717) is 70.5 Å². The Kier molecular flexibility index (Phi) is 38.0. The van der Waals surface area contributed by atoms with Crippen LogP contribution < -0.4 is 28.4 Å². The zero-order chi connectivity index (χ0) is 81.3. The number of benzene rings is 10. The summed E-state index contributed by atoms with van der Waals surface area (Å²) in [5, 5.41) is 54.9. The van der Waals surface area contributed by atoms with Crippen molar-refractivity contribution in [2.45, 2.75) is 137 Å². The average Bonchev–Trinajstić information content (AvgIpc) is 1.65. The summed E-state index contributed by atoms with van der Waals surface area (Å²) in [6, 6.07) is 68.7. The molecule has 5 unspecified atom stereocenters. The van der Waals surface area contributed by atoms with E-state index in [1.54, 1.807) is 60.5 Å². The lowest BCUT2D eigenvalue weighted by Crippen LogP contribution is -2.12. The van der Waals surface area contributed by atoms with E-state index in [-0.39, 0.29) is 40.8 Å². The van der Waals surface area contributed by atoms with Gasteiger partial charge in [0.2, 0.25) is 0 Å². The molecular weight excluding hydrogens is 1680 g/mol. The second-order valence-corrected chi connectivity index (χ2v) is 30.7. The molecule has 580 valence electrons. The summed E-state index contributed by atoms with van der Waals surface area (Å²) < 4.78 is 34.3. The molecule has 10 aromatic carbocycles. The fourth-order valence-electron chi connectivity index (χ4n) is 11.8. The fourth-order valence-corrected chi connectivity index (χ4v) is 16.8. The number of aliphatic carboxylic acids is 2. The lowest BCUT2D eigenvalue weighted by atomic mass is 9.88. The van der Waals surface area contributed by atoms with Gasteiger partial charge in [-0.25, -0.2) is 0 Å². The first-order chi connectivity index (χ1) is 53.5. The molecule has 16 nitrogen and oxygen atoms in total. The highest BCUT2D eigenvalue weighted by molar-refractivity contribution is 9.11. The van der Waals surface area contributed by atoms with E-state index >= 15 is 0 Å². The van der Waals surface area contributed by atoms with Crippen molar-refractivity contribution in [2.24, 2.45) is 0 Å². The number of phenols is 2. The van der Waals surface area contributed by atoms with E-state index in [0.717, 1.165) is 94.8 Å². The number of carbonyl (C=O) groups excluding carboxylic acids is 2. The molecule has 10 aromatic rings. The highest BCUT2D eigenvalue weighted by Crippen LogP contribution is 2.48. The Bertz CT molecular complexity index is 4880. The van der Waals surface area contributed by atoms with Gasteiger partial charge >= 0.3 is 11.9 Å². The predicted octanol–water partition coefficient (Wildman–Crippen LogP) is 23.9. The molecular formula is C88H89Br3N2O14S4. The molecule has 0 saturated carbocycles. The zero-order valence-electron chi connectivity index (χ0n) is 63.3. The third kappa shape index (κ3) is 25.1. The number of Topliss-reactive ketones (excluding diaryl/α,β-unsaturated/α-hetero) is 2. The van der Waals surface area contributed by atoms with Gasteiger partial charge in [-0.15, -0.1) is 12.6 Å². The minimum absolute atomic E-state index is 0.00440. The normalized spacial score (nSPS) is 13.3. The van der Waals surface area contributed by atoms with Gasteiger partial charge in [-0.2, -0.15) is 10.5 Å². The van der Waals surface area contributed by atoms with Crippen LogP contribution in [0.3, 0.4) is 0 Å². The van der Waals surface area contributed by atoms with Crippen LogP contribution in [0.1, 0.15) is 150 Å². The first kappa shape index (κ1) is 90.6. The van der Waals surface area contributed by atoms with E-state index in [9.17, 15) is 34.5 Å². The summed E-state index contributed by atoms with van der Waals surface area (Å²) in [5.74, 6) is 0.919. The third-order valence-electron chi connectivity index (χ3n) is 17.6. The lowest BCUT2D eigenvalue weighted by molar-refractivity contribution is -0.139. The van der Waals surface area contributed by atoms with Crippen LogP contribution in [-0.4, -0.2) is 86.6 Å². The number of phenolic OH excluding ortho intramolecular Hbond substituents is 2. The van der Waals surface area contributed by atoms with Gasteiger partial charge in [0.25, 0.3) is 0 Å². The highest BCUT2D eigenvalue weighted by atomic mass is 79.9. The number of halogens is 3. The van der Waals surface area contributed by atoms with Crippen molar-refractivity contribution in [3.63, 3.8) is 0 Å². The quantitative estimate of drug-likeness (QED) is 0.0373. The molecule has 12 rings (SSSR count). The summed E-state index contributed by atoms with van der Waals surface area (Å²) in [4.78, 5) is 54.6. The molecule has 0 amide bonds. The standard InChI is InChI=1S/C18H20O4S.C18H18O3S.C16H14O3S.C10H10BrN.C10H11BrO2.C8H6BrN.C8H10O2S/c1-4-13(18(19)20)14-7-5-6-8-17(14)23-12-9-10-15(21-2)16(11-12)22-3;1-4-11-12-7-5-6-8-16(12)22-17-10-15(21-3)14(20-2)9-13(17)18(11)19;1-2-9-10-5-3-4-6-14(10)20-15-8-13(18)12(17)7-11(15)16(9)19;1-2-8(7-12)9-5-3-4-6-10(9)11;1-2-7(10(12)13)8-5-3-4-6-9(8)11;9-8-4-2-1-3-7(8)5-6-10;1-9-7-4-3-6(11)5-8(7)10-2/h5-11,13H,4H2,1-3H3,(H,19,20);5-11H,4H2,1-3H3;3-9,17-18H,2H2,1H3;3-6,8H,2H2,1H3;3-7H,2H2,1H3,(H,12,13);1-4H,5H2;3-5,11H,1-2H3. The van der Waals surface area contributed by atoms with Crippen molar-refractivity contribution in [3.8, 4) is 58.1 Å². The number of hydrogen-bond acceptors (Lipinski definition) is 18. The largest absolute Gasteiger partial charge is 0.504 e. The number of nitriles is 2. The smallest absolute Gasteiger partial charge is 0.311 e. The predicted molar refractivity (Wildman–Crippen MR) is 454 cm³/mol. The van der Waals surface area contributed by atoms with Crippen LogP contribution in [0.5, 0.6) is 46.0 Å². The highest BCUT2D eigenvalue weighted by Gasteiger charge is 2.32. The number of rotatable bonds is 19. The number of hydrogen-bond donors (Lipinski definition) is 5. The van der Waals surface area contributed by atoms with E-state index in [1.807, 2.05) is 204 Å². The summed E-state index contributed by atoms with van der Waals surface area (Å²) in [5.41, 5.74) is 7.13. The number of thiol groups is 1. The molecule has 0 fully saturated rings. The van der Waals surface area contributed by atoms with Crippen LogP contribution in [0.4, 0.5) is 0 Å². The monoisotopic (exact) mass is 1760 g/mol. The van der Waals surface area contributed by atoms with E-state index in [1.165, 1.54) is 35.7 Å². The molecule has 0 radical (unpaired) electrons. The summed E-state index contributed by atoms with van der Waals surface area (Å²) in [6.07, 6.45) is 3.99. The fraction of sp³-hybridized carbons (Fsp3) is 0.250. The Hall–Kier alpha value is -9.30. The van der Waals surface area contributed by atoms with Gasteiger partial charge < -0.3 is 48.8 Å². The number of aromatic hydroxyl groups is 2. The average molecular weight is 1770 g/mol. The Balaban J connectivity index is 0.000000207. The Morgan fingerprint density at radius 2 is 0.883 bits per heavy atom. The number of ketones is 2. The van der Waals surface area contributed by atoms with Crippen molar-refractivity contribution >= 4 is 119 Å². The van der Waals surface area contributed by atoms with Crippen LogP contribution >= 0.6 is 95.7 Å². The maximum Gasteiger partial charge on any atom is 0.311 e. The summed E-state index contributed by atoms with van der Waals surface area (Å²) >= 11 is 18.9. The molecule has 2 aliphatic rings. The maximum absolute atomic E-state index is 13.0. The molecule has 111 heavy (non-hydrogen) atoms. The number of nitrogens with zero attached hydrogens (tertiary/aromatic N) is 2. The number of methoxy groups -OCH3 is 6. The van der Waals surface area contributed by atoms with Crippen LogP contribution in [0.15, 0.2) is 254 Å². The lowest BCUT2D eigenvalue weighted by Gasteiger charge is -2.15.